The maximum Gasteiger partial charge on any atom is 0.163 e. The van der Waals surface area contributed by atoms with Crippen LogP contribution in [0.2, 0.25) is 0 Å². The van der Waals surface area contributed by atoms with Gasteiger partial charge >= 0.3 is 0 Å². The Morgan fingerprint density at radius 2 is 2.21 bits per heavy atom. The summed E-state index contributed by atoms with van der Waals surface area (Å²) in [5.41, 5.74) is 3.50. The maximum atomic E-state index is 13.2. The summed E-state index contributed by atoms with van der Waals surface area (Å²) in [6, 6.07) is 4.28. The number of nitrogens with zero attached hydrogens (tertiary/aromatic N) is 1. The normalized spacial score (nSPS) is 17.6. The number of halogens is 2. The lowest BCUT2D eigenvalue weighted by molar-refractivity contribution is 0.240. The van der Waals surface area contributed by atoms with Gasteiger partial charge < -0.3 is 0 Å². The number of hydrogen-bond acceptors (Lipinski definition) is 2. The molecule has 0 aliphatic carbocycles. The number of benzene rings is 1. The maximum absolute atomic E-state index is 13.2. The second-order valence-electron chi connectivity index (χ2n) is 3.40. The molecule has 2 nitrogen and oxygen atoms in total. The van der Waals surface area contributed by atoms with Gasteiger partial charge in [0.1, 0.15) is 0 Å². The summed E-state index contributed by atoms with van der Waals surface area (Å²) in [6.07, 6.45) is 1.05. The molecule has 0 amide bonds. The fourth-order valence-electron chi connectivity index (χ4n) is 1.60. The van der Waals surface area contributed by atoms with Crippen LogP contribution in [0.5, 0.6) is 0 Å². The smallest absolute Gasteiger partial charge is 0.163 e. The Balaban J connectivity index is 2.11. The summed E-state index contributed by atoms with van der Waals surface area (Å²) in [7, 11) is 0. The first-order valence-corrected chi connectivity index (χ1v) is 4.69. The lowest BCUT2D eigenvalue weighted by Crippen LogP contribution is -2.30. The molecule has 0 atom stereocenters. The van der Waals surface area contributed by atoms with Crippen LogP contribution in [0.4, 0.5) is 8.78 Å². The highest BCUT2D eigenvalue weighted by atomic mass is 19.2. The van der Waals surface area contributed by atoms with E-state index in [1.807, 2.05) is 5.01 Å². The number of nitrogens with one attached hydrogen (secondary N) is 1. The molecule has 0 aromatic heterocycles. The molecule has 0 spiro atoms. The molecule has 1 aliphatic heterocycles. The van der Waals surface area contributed by atoms with Crippen LogP contribution in [0, 0.1) is 11.6 Å². The van der Waals surface area contributed by atoms with Crippen molar-refractivity contribution < 1.29 is 8.78 Å². The van der Waals surface area contributed by atoms with Crippen molar-refractivity contribution in [3.8, 4) is 0 Å². The van der Waals surface area contributed by atoms with E-state index in [0.717, 1.165) is 25.6 Å². The zero-order chi connectivity index (χ0) is 9.97. The summed E-state index contributed by atoms with van der Waals surface area (Å²) in [4.78, 5) is 0. The van der Waals surface area contributed by atoms with Gasteiger partial charge in [-0.25, -0.2) is 13.8 Å². The first-order chi connectivity index (χ1) is 6.77. The van der Waals surface area contributed by atoms with Crippen molar-refractivity contribution in [2.24, 2.45) is 0 Å². The van der Waals surface area contributed by atoms with Gasteiger partial charge in [0.05, 0.1) is 0 Å². The van der Waals surface area contributed by atoms with Gasteiger partial charge in [0.2, 0.25) is 0 Å². The number of rotatable bonds is 2. The summed E-state index contributed by atoms with van der Waals surface area (Å²) < 4.78 is 26.1. The van der Waals surface area contributed by atoms with Crippen molar-refractivity contribution in [3.63, 3.8) is 0 Å². The molecule has 1 N–H and O–H groups in total. The molecule has 1 saturated heterocycles. The first kappa shape index (κ1) is 9.55. The Labute approximate surface area is 81.5 Å². The fraction of sp³-hybridized carbons (Fsp3) is 0.400. The summed E-state index contributed by atoms with van der Waals surface area (Å²) >= 11 is 0. The second-order valence-corrected chi connectivity index (χ2v) is 3.40. The zero-order valence-corrected chi connectivity index (χ0v) is 7.76. The first-order valence-electron chi connectivity index (χ1n) is 4.69. The second kappa shape index (κ2) is 4.02. The molecule has 0 bridgehead atoms. The van der Waals surface area contributed by atoms with Gasteiger partial charge in [-0.15, -0.1) is 0 Å². The van der Waals surface area contributed by atoms with E-state index < -0.39 is 11.6 Å². The molecule has 14 heavy (non-hydrogen) atoms. The van der Waals surface area contributed by atoms with E-state index in [1.165, 1.54) is 6.07 Å². The van der Waals surface area contributed by atoms with Crippen LogP contribution in [0.15, 0.2) is 18.2 Å². The SMILES string of the molecule is Fc1cccc(CN2CCCN2)c1F. The molecule has 1 aliphatic rings. The van der Waals surface area contributed by atoms with Gasteiger partial charge in [0.15, 0.2) is 11.6 Å². The average molecular weight is 198 g/mol. The van der Waals surface area contributed by atoms with E-state index >= 15 is 0 Å². The van der Waals surface area contributed by atoms with E-state index in [9.17, 15) is 8.78 Å². The monoisotopic (exact) mass is 198 g/mol. The van der Waals surface area contributed by atoms with Crippen LogP contribution in [0.1, 0.15) is 12.0 Å². The largest absolute Gasteiger partial charge is 0.255 e. The molecule has 2 rings (SSSR count). The van der Waals surface area contributed by atoms with E-state index in [0.29, 0.717) is 12.1 Å². The van der Waals surface area contributed by atoms with Gasteiger partial charge in [0, 0.05) is 25.2 Å². The lowest BCUT2D eigenvalue weighted by Gasteiger charge is -2.15. The van der Waals surface area contributed by atoms with Crippen LogP contribution in [0.25, 0.3) is 0 Å². The molecule has 0 unspecified atom stereocenters. The van der Waals surface area contributed by atoms with E-state index in [1.54, 1.807) is 6.07 Å². The highest BCUT2D eigenvalue weighted by Crippen LogP contribution is 2.13. The number of hydrogen-bond donors (Lipinski definition) is 1. The highest BCUT2D eigenvalue weighted by Gasteiger charge is 2.14. The Bertz CT molecular complexity index is 322. The van der Waals surface area contributed by atoms with Crippen LogP contribution in [-0.4, -0.2) is 18.1 Å². The predicted molar refractivity (Wildman–Crippen MR) is 49.4 cm³/mol. The Kier molecular flexibility index (Phi) is 2.74. The van der Waals surface area contributed by atoms with Crippen LogP contribution >= 0.6 is 0 Å². The van der Waals surface area contributed by atoms with Crippen LogP contribution in [0.3, 0.4) is 0 Å². The summed E-state index contributed by atoms with van der Waals surface area (Å²) in [5.74, 6) is -1.51. The van der Waals surface area contributed by atoms with Crippen molar-refractivity contribution in [2.45, 2.75) is 13.0 Å². The third-order valence-corrected chi connectivity index (χ3v) is 2.33. The van der Waals surface area contributed by atoms with Gasteiger partial charge in [-0.3, -0.25) is 5.43 Å². The molecule has 0 radical (unpaired) electrons. The van der Waals surface area contributed by atoms with Crippen LogP contribution < -0.4 is 5.43 Å². The predicted octanol–water partition coefficient (Wildman–Crippen LogP) is 1.68. The molecule has 1 aromatic carbocycles. The Morgan fingerprint density at radius 1 is 1.36 bits per heavy atom. The van der Waals surface area contributed by atoms with Crippen molar-refractivity contribution in [1.82, 2.24) is 10.4 Å². The Hall–Kier alpha value is -1.00. The quantitative estimate of drug-likeness (QED) is 0.777. The zero-order valence-electron chi connectivity index (χ0n) is 7.76. The molecular formula is C10H12F2N2. The third-order valence-electron chi connectivity index (χ3n) is 2.33. The van der Waals surface area contributed by atoms with Gasteiger partial charge in [0.25, 0.3) is 0 Å². The summed E-state index contributed by atoms with van der Waals surface area (Å²) in [5, 5.41) is 1.90. The molecule has 76 valence electrons. The minimum absolute atomic E-state index is 0.402. The van der Waals surface area contributed by atoms with Gasteiger partial charge in [-0.05, 0) is 12.5 Å². The molecule has 1 fully saturated rings. The molecule has 4 heteroatoms. The minimum atomic E-state index is -0.776. The van der Waals surface area contributed by atoms with Crippen LogP contribution in [-0.2, 0) is 6.54 Å². The molecular weight excluding hydrogens is 186 g/mol. The molecule has 0 saturated carbocycles. The standard InChI is InChI=1S/C10H12F2N2/c11-9-4-1-3-8(10(9)12)7-14-6-2-5-13-14/h1,3-4,13H,2,5-7H2. The topological polar surface area (TPSA) is 15.3 Å². The van der Waals surface area contributed by atoms with Crippen molar-refractivity contribution in [1.29, 1.82) is 0 Å². The molecule has 1 heterocycles. The minimum Gasteiger partial charge on any atom is -0.255 e. The van der Waals surface area contributed by atoms with Crippen molar-refractivity contribution in [2.75, 3.05) is 13.1 Å². The third kappa shape index (κ3) is 1.91. The van der Waals surface area contributed by atoms with Gasteiger partial charge in [-0.2, -0.15) is 0 Å². The summed E-state index contributed by atoms with van der Waals surface area (Å²) in [6.45, 7) is 2.22. The lowest BCUT2D eigenvalue weighted by atomic mass is 10.2. The van der Waals surface area contributed by atoms with E-state index in [-0.39, 0.29) is 0 Å². The average Bonchev–Trinajstić information content (AvgIpc) is 2.66. The highest BCUT2D eigenvalue weighted by molar-refractivity contribution is 5.18. The Morgan fingerprint density at radius 3 is 2.93 bits per heavy atom. The van der Waals surface area contributed by atoms with Crippen molar-refractivity contribution >= 4 is 0 Å². The van der Waals surface area contributed by atoms with Crippen molar-refractivity contribution in [3.05, 3.63) is 35.4 Å². The van der Waals surface area contributed by atoms with Gasteiger partial charge in [-0.1, -0.05) is 12.1 Å². The number of hydrazine groups is 1. The fourth-order valence-corrected chi connectivity index (χ4v) is 1.60. The van der Waals surface area contributed by atoms with E-state index in [4.69, 9.17) is 0 Å². The molecule has 1 aromatic rings. The van der Waals surface area contributed by atoms with E-state index in [2.05, 4.69) is 5.43 Å².